The van der Waals surface area contributed by atoms with Gasteiger partial charge in [-0.15, -0.1) is 0 Å². The third-order valence-electron chi connectivity index (χ3n) is 2.71. The smallest absolute Gasteiger partial charge is 0.321 e. The molecule has 96 valence electrons. The lowest BCUT2D eigenvalue weighted by Crippen LogP contribution is -2.27. The Labute approximate surface area is 127 Å². The fourth-order valence-corrected chi connectivity index (χ4v) is 1.32. The highest BCUT2D eigenvalue weighted by atomic mass is 128. The Morgan fingerprint density at radius 2 is 1.65 bits per heavy atom. The molecule has 1 aromatic carbocycles. The molecular weight excluding hydrogens is 442 g/mol. The van der Waals surface area contributed by atoms with Crippen LogP contribution in [-0.4, -0.2) is 25.0 Å². The normalized spacial score (nSPS) is 9.12. The number of nitrogens with one attached hydrogen (secondary N) is 1. The van der Waals surface area contributed by atoms with Crippen molar-refractivity contribution in [3.8, 4) is 0 Å². The number of aryl methyl sites for hydroxylation is 1. The summed E-state index contributed by atoms with van der Waals surface area (Å²) in [6, 6.07) is 3.87. The average Bonchev–Trinajstić information content (AvgIpc) is 2.32. The molecule has 0 saturated heterocycles. The molecule has 0 aliphatic heterocycles. The molecule has 0 aromatic heterocycles. The van der Waals surface area contributed by atoms with Gasteiger partial charge in [0, 0.05) is 57.0 Å². The summed E-state index contributed by atoms with van der Waals surface area (Å²) in [6.07, 6.45) is 0. The number of benzene rings is 1. The average molecular weight is 460 g/mol. The number of rotatable bonds is 1. The van der Waals surface area contributed by atoms with Crippen molar-refractivity contribution in [2.45, 2.75) is 20.8 Å². The fraction of sp³-hybridized carbons (Fsp3) is 0.417. The Balaban J connectivity index is 0.00000121. The van der Waals surface area contributed by atoms with Crippen LogP contribution in [-0.2, 0) is 0 Å². The monoisotopic (exact) mass is 460 g/mol. The van der Waals surface area contributed by atoms with Gasteiger partial charge in [-0.05, 0) is 43.5 Å². The molecule has 0 radical (unpaired) electrons. The lowest BCUT2D eigenvalue weighted by molar-refractivity contribution is 0.230. The van der Waals surface area contributed by atoms with Crippen LogP contribution in [0, 0.1) is 20.8 Å². The van der Waals surface area contributed by atoms with Crippen LogP contribution < -0.4 is 5.32 Å². The predicted octanol–water partition coefficient (Wildman–Crippen LogP) is 4.48. The van der Waals surface area contributed by atoms with Crippen molar-refractivity contribution in [2.75, 3.05) is 19.4 Å². The standard InChI is InChI=1S/C12H18N2O.I2/c1-8-6-7-11(10(3)9(8)2)13-12(15)14(4)5;1-2/h6-7H,1-5H3,(H,13,15);. The first-order valence-electron chi connectivity index (χ1n) is 5.13. The van der Waals surface area contributed by atoms with Gasteiger partial charge in [-0.25, -0.2) is 4.79 Å². The molecule has 1 N–H and O–H groups in total. The largest absolute Gasteiger partial charge is 0.331 e. The second kappa shape index (κ2) is 8.12. The number of urea groups is 1. The minimum Gasteiger partial charge on any atom is -0.331 e. The Kier molecular flexibility index (Phi) is 8.10. The van der Waals surface area contributed by atoms with Crippen LogP contribution in [0.5, 0.6) is 0 Å². The maximum Gasteiger partial charge on any atom is 0.321 e. The third kappa shape index (κ3) is 4.99. The number of carbonyl (C=O) groups is 1. The van der Waals surface area contributed by atoms with Gasteiger partial charge in [-0.3, -0.25) is 0 Å². The molecule has 0 spiro atoms. The molecule has 0 aliphatic carbocycles. The van der Waals surface area contributed by atoms with Crippen molar-refractivity contribution >= 4 is 49.0 Å². The van der Waals surface area contributed by atoms with Gasteiger partial charge in [-0.1, -0.05) is 6.07 Å². The molecule has 2 amide bonds. The van der Waals surface area contributed by atoms with Crippen LogP contribution in [0.1, 0.15) is 16.7 Å². The molecule has 0 bridgehead atoms. The van der Waals surface area contributed by atoms with E-state index in [1.54, 1.807) is 14.1 Å². The molecule has 0 aliphatic rings. The predicted molar refractivity (Wildman–Crippen MR) is 91.4 cm³/mol. The van der Waals surface area contributed by atoms with Gasteiger partial charge in [0.25, 0.3) is 0 Å². The molecule has 3 nitrogen and oxygen atoms in total. The molecule has 0 heterocycles. The number of carbonyl (C=O) groups excluding carboxylic acids is 1. The molecule has 1 rings (SSSR count). The summed E-state index contributed by atoms with van der Waals surface area (Å²) in [5.74, 6) is 0. The zero-order valence-electron chi connectivity index (χ0n) is 10.8. The number of halogens is 2. The van der Waals surface area contributed by atoms with Gasteiger partial charge in [0.05, 0.1) is 0 Å². The van der Waals surface area contributed by atoms with E-state index in [2.05, 4.69) is 56.4 Å². The van der Waals surface area contributed by atoms with Gasteiger partial charge in [-0.2, -0.15) is 0 Å². The van der Waals surface area contributed by atoms with Crippen molar-refractivity contribution in [3.05, 3.63) is 28.8 Å². The lowest BCUT2D eigenvalue weighted by Gasteiger charge is -2.15. The molecule has 1 aromatic rings. The molecule has 5 heteroatoms. The summed E-state index contributed by atoms with van der Waals surface area (Å²) >= 11 is 4.24. The number of amides is 2. The van der Waals surface area contributed by atoms with E-state index in [4.69, 9.17) is 0 Å². The second-order valence-electron chi connectivity index (χ2n) is 4.00. The number of hydrogen-bond acceptors (Lipinski definition) is 1. The molecule has 0 fully saturated rings. The molecule has 17 heavy (non-hydrogen) atoms. The van der Waals surface area contributed by atoms with Crippen LogP contribution in [0.2, 0.25) is 0 Å². The highest BCUT2D eigenvalue weighted by Gasteiger charge is 2.08. The van der Waals surface area contributed by atoms with Crippen molar-refractivity contribution in [1.29, 1.82) is 0 Å². The van der Waals surface area contributed by atoms with Crippen molar-refractivity contribution in [1.82, 2.24) is 4.90 Å². The van der Waals surface area contributed by atoms with Crippen LogP contribution in [0.3, 0.4) is 0 Å². The van der Waals surface area contributed by atoms with Gasteiger partial charge in [0.2, 0.25) is 0 Å². The van der Waals surface area contributed by atoms with E-state index in [1.807, 2.05) is 19.1 Å². The first-order valence-corrected chi connectivity index (χ1v) is 11.4. The zero-order chi connectivity index (χ0) is 13.6. The lowest BCUT2D eigenvalue weighted by atomic mass is 10.0. The van der Waals surface area contributed by atoms with Crippen LogP contribution in [0.15, 0.2) is 12.1 Å². The molecule has 0 atom stereocenters. The number of hydrogen-bond donors (Lipinski definition) is 1. The highest BCUT2D eigenvalue weighted by Crippen LogP contribution is 2.21. The van der Waals surface area contributed by atoms with E-state index >= 15 is 0 Å². The number of anilines is 1. The summed E-state index contributed by atoms with van der Waals surface area (Å²) in [6.45, 7) is 6.16. The molecule has 0 saturated carbocycles. The SMILES string of the molecule is Cc1ccc(NC(=O)N(C)C)c(C)c1C.II. The van der Waals surface area contributed by atoms with E-state index in [-0.39, 0.29) is 6.03 Å². The first-order chi connectivity index (χ1) is 7.93. The Hall–Kier alpha value is -0.0500. The van der Waals surface area contributed by atoms with E-state index in [1.165, 1.54) is 16.0 Å². The van der Waals surface area contributed by atoms with Crippen molar-refractivity contribution in [2.24, 2.45) is 0 Å². The Morgan fingerprint density at radius 3 is 2.12 bits per heavy atom. The summed E-state index contributed by atoms with van der Waals surface area (Å²) < 4.78 is 0. The topological polar surface area (TPSA) is 32.3 Å². The fourth-order valence-electron chi connectivity index (χ4n) is 1.32. The quantitative estimate of drug-likeness (QED) is 0.617. The maximum absolute atomic E-state index is 11.5. The van der Waals surface area contributed by atoms with Gasteiger partial charge in [0.1, 0.15) is 0 Å². The number of nitrogens with zero attached hydrogens (tertiary/aromatic N) is 1. The molecular formula is C12H18I2N2O. The third-order valence-corrected chi connectivity index (χ3v) is 2.71. The summed E-state index contributed by atoms with van der Waals surface area (Å²) in [5.41, 5.74) is 4.49. The first kappa shape index (κ1) is 16.9. The minimum atomic E-state index is -0.0960. The van der Waals surface area contributed by atoms with E-state index < -0.39 is 0 Å². The zero-order valence-corrected chi connectivity index (χ0v) is 15.1. The van der Waals surface area contributed by atoms with E-state index in [0.717, 1.165) is 11.3 Å². The van der Waals surface area contributed by atoms with E-state index in [0.29, 0.717) is 0 Å². The van der Waals surface area contributed by atoms with Crippen LogP contribution >= 0.6 is 37.2 Å². The maximum atomic E-state index is 11.5. The van der Waals surface area contributed by atoms with Crippen LogP contribution in [0.25, 0.3) is 0 Å². The minimum absolute atomic E-state index is 0.0960. The van der Waals surface area contributed by atoms with Crippen molar-refractivity contribution in [3.63, 3.8) is 0 Å². The van der Waals surface area contributed by atoms with Gasteiger partial charge >= 0.3 is 6.03 Å². The van der Waals surface area contributed by atoms with Gasteiger partial charge < -0.3 is 10.2 Å². The van der Waals surface area contributed by atoms with Crippen LogP contribution in [0.4, 0.5) is 10.5 Å². The van der Waals surface area contributed by atoms with E-state index in [9.17, 15) is 4.79 Å². The van der Waals surface area contributed by atoms with Crippen molar-refractivity contribution < 1.29 is 4.79 Å². The Morgan fingerprint density at radius 1 is 1.12 bits per heavy atom. The van der Waals surface area contributed by atoms with Gasteiger partial charge in [0.15, 0.2) is 0 Å². The molecule has 0 unspecified atom stereocenters. The highest BCUT2D eigenvalue weighted by molar-refractivity contribution is 15.0. The summed E-state index contributed by atoms with van der Waals surface area (Å²) in [4.78, 5) is 13.0. The summed E-state index contributed by atoms with van der Waals surface area (Å²) in [5, 5.41) is 2.86. The summed E-state index contributed by atoms with van der Waals surface area (Å²) in [7, 11) is 3.46. The second-order valence-corrected chi connectivity index (χ2v) is 4.00. The Bertz CT molecular complexity index is 392.